The average molecular weight is 761 g/mol. The zero-order valence-electron chi connectivity index (χ0n) is 30.5. The van der Waals surface area contributed by atoms with Gasteiger partial charge in [0.25, 0.3) is 0 Å². The van der Waals surface area contributed by atoms with Gasteiger partial charge in [-0.2, -0.15) is 5.26 Å². The summed E-state index contributed by atoms with van der Waals surface area (Å²) in [5, 5.41) is 19.6. The normalized spacial score (nSPS) is 11.9. The number of thiophene rings is 2. The van der Waals surface area contributed by atoms with Gasteiger partial charge in [0.2, 0.25) is 5.69 Å². The Kier molecular flexibility index (Phi) is 6.69. The molecular weight excluding hydrogens is 733 g/mol. The molecule has 0 fully saturated rings. The van der Waals surface area contributed by atoms with Crippen LogP contribution in [0.2, 0.25) is 0 Å². The molecule has 0 N–H and O–H groups in total. The van der Waals surface area contributed by atoms with Gasteiger partial charge in [0.15, 0.2) is 0 Å². The average Bonchev–Trinajstić information content (AvgIpc) is 4.00. The lowest BCUT2D eigenvalue weighted by Crippen LogP contribution is -2.03. The molecule has 4 aromatic heterocycles. The number of aryl methyl sites for hydroxylation is 1. The van der Waals surface area contributed by atoms with Crippen LogP contribution in [-0.2, 0) is 0 Å². The molecule has 0 amide bonds. The van der Waals surface area contributed by atoms with E-state index in [4.69, 9.17) is 0 Å². The van der Waals surface area contributed by atoms with E-state index in [-0.39, 0.29) is 0 Å². The molecule has 4 heterocycles. The van der Waals surface area contributed by atoms with Crippen LogP contribution < -0.4 is 0 Å². The highest BCUT2D eigenvalue weighted by Crippen LogP contribution is 2.50. The van der Waals surface area contributed by atoms with E-state index < -0.39 is 0 Å². The lowest BCUT2D eigenvalue weighted by molar-refractivity contribution is 1.15. The van der Waals surface area contributed by atoms with Gasteiger partial charge < -0.3 is 9.13 Å². The number of hydrogen-bond acceptors (Lipinski definition) is 3. The van der Waals surface area contributed by atoms with Crippen LogP contribution in [0.1, 0.15) is 11.1 Å². The summed E-state index contributed by atoms with van der Waals surface area (Å²) in [5.74, 6) is 0. The van der Waals surface area contributed by atoms with E-state index in [0.717, 1.165) is 71.7 Å². The maximum atomic E-state index is 10.2. The minimum absolute atomic E-state index is 0.550. The van der Waals surface area contributed by atoms with Crippen LogP contribution in [-0.4, -0.2) is 9.13 Å². The van der Waals surface area contributed by atoms with Crippen molar-refractivity contribution in [1.29, 1.82) is 5.26 Å². The Morgan fingerprint density at radius 2 is 1.07 bits per heavy atom. The summed E-state index contributed by atoms with van der Waals surface area (Å²) in [6.07, 6.45) is 0. The number of fused-ring (bicyclic) bond motifs is 14. The van der Waals surface area contributed by atoms with Crippen molar-refractivity contribution in [3.63, 3.8) is 0 Å². The van der Waals surface area contributed by atoms with Gasteiger partial charge in [0, 0.05) is 52.5 Å². The molecule has 8 aromatic carbocycles. The molecule has 57 heavy (non-hydrogen) atoms. The summed E-state index contributed by atoms with van der Waals surface area (Å²) < 4.78 is 9.54. The monoisotopic (exact) mass is 760 g/mol. The molecule has 0 unspecified atom stereocenters. The van der Waals surface area contributed by atoms with Gasteiger partial charge in [0.05, 0.1) is 61.0 Å². The Hall–Kier alpha value is -7.22. The highest BCUT2D eigenvalue weighted by atomic mass is 32.1. The van der Waals surface area contributed by atoms with Gasteiger partial charge in [-0.05, 0) is 66.1 Å². The van der Waals surface area contributed by atoms with Crippen LogP contribution in [0.4, 0.5) is 5.69 Å². The zero-order valence-corrected chi connectivity index (χ0v) is 32.2. The van der Waals surface area contributed by atoms with Crippen LogP contribution >= 0.6 is 22.7 Å². The Morgan fingerprint density at radius 3 is 1.67 bits per heavy atom. The summed E-state index contributed by atoms with van der Waals surface area (Å²) >= 11 is 3.61. The number of aromatic nitrogens is 2. The number of rotatable bonds is 3. The number of nitriles is 1. The second-order valence-electron chi connectivity index (χ2n) is 14.7. The van der Waals surface area contributed by atoms with E-state index in [9.17, 15) is 11.8 Å². The molecular formula is C51H28N4S2. The summed E-state index contributed by atoms with van der Waals surface area (Å²) in [6.45, 7) is 11.2. The van der Waals surface area contributed by atoms with Crippen LogP contribution in [0.15, 0.2) is 152 Å². The molecule has 12 rings (SSSR count). The Bertz CT molecular complexity index is 3800. The second-order valence-corrected chi connectivity index (χ2v) is 16.8. The van der Waals surface area contributed by atoms with Crippen LogP contribution in [0, 0.1) is 24.8 Å². The van der Waals surface area contributed by atoms with E-state index in [0.29, 0.717) is 11.3 Å². The smallest absolute Gasteiger partial charge is 0.234 e. The van der Waals surface area contributed by atoms with Gasteiger partial charge in [-0.1, -0.05) is 109 Å². The quantitative estimate of drug-likeness (QED) is 0.165. The summed E-state index contributed by atoms with van der Waals surface area (Å²) in [7, 11) is 0. The maximum Gasteiger partial charge on any atom is 0.234 e. The van der Waals surface area contributed by atoms with Gasteiger partial charge in [-0.15, -0.1) is 22.7 Å². The van der Waals surface area contributed by atoms with Gasteiger partial charge in [0.1, 0.15) is 0 Å². The minimum atomic E-state index is 0.550. The molecule has 264 valence electrons. The third kappa shape index (κ3) is 4.40. The lowest BCUT2D eigenvalue weighted by Gasteiger charge is -2.21. The maximum absolute atomic E-state index is 10.2. The zero-order chi connectivity index (χ0) is 37.9. The third-order valence-corrected chi connectivity index (χ3v) is 14.0. The standard InChI is InChI=1S/C51H28N4S2/c1-29-25-30(28-52)27-31(26-29)32-23-24-43(54-41-15-7-3-11-33(41)37-19-21-39-35-13-5-9-17-44(35)56-50(39)48(37)54)46(53-2)47(32)55-42-16-8-4-12-34(42)38-20-22-40-36-14-6-10-18-45(36)57-51(40)49(38)55/h3-27H,1H3. The molecule has 0 atom stereocenters. The number of nitrogens with zero attached hydrogens (tertiary/aromatic N) is 4. The molecule has 0 saturated heterocycles. The highest BCUT2D eigenvalue weighted by Gasteiger charge is 2.27. The van der Waals surface area contributed by atoms with Crippen molar-refractivity contribution < 1.29 is 0 Å². The van der Waals surface area contributed by atoms with Crippen LogP contribution in [0.5, 0.6) is 0 Å². The van der Waals surface area contributed by atoms with Crippen molar-refractivity contribution >= 4 is 112 Å². The van der Waals surface area contributed by atoms with Gasteiger partial charge in [-0.3, -0.25) is 0 Å². The fourth-order valence-corrected chi connectivity index (χ4v) is 11.7. The molecule has 0 aliphatic rings. The van der Waals surface area contributed by atoms with E-state index in [1.165, 1.54) is 40.3 Å². The number of hydrogen-bond donors (Lipinski definition) is 0. The second kappa shape index (κ2) is 11.9. The molecule has 0 aliphatic heterocycles. The first kappa shape index (κ1) is 32.1. The van der Waals surface area contributed by atoms with E-state index in [1.807, 2.05) is 30.4 Å². The Labute approximate surface area is 334 Å². The van der Waals surface area contributed by atoms with Crippen molar-refractivity contribution in [2.45, 2.75) is 6.92 Å². The highest BCUT2D eigenvalue weighted by molar-refractivity contribution is 7.27. The van der Waals surface area contributed by atoms with E-state index in [2.05, 4.69) is 160 Å². The Balaban J connectivity index is 1.30. The third-order valence-electron chi connectivity index (χ3n) is 11.6. The SMILES string of the molecule is [C-]#[N+]c1c(-n2c3ccccc3c3ccc4c5ccccc5sc4c32)ccc(-c2cc(C)cc(C#N)c2)c1-n1c2ccccc2c2ccc3c4ccccc4sc3c21. The van der Waals surface area contributed by atoms with Crippen molar-refractivity contribution in [3.05, 3.63) is 174 Å². The predicted octanol–water partition coefficient (Wildman–Crippen LogP) is 15.0. The van der Waals surface area contributed by atoms with E-state index in [1.54, 1.807) is 11.3 Å². The van der Waals surface area contributed by atoms with Gasteiger partial charge >= 0.3 is 0 Å². The van der Waals surface area contributed by atoms with Crippen molar-refractivity contribution in [3.8, 4) is 28.6 Å². The van der Waals surface area contributed by atoms with Crippen molar-refractivity contribution in [2.24, 2.45) is 0 Å². The molecule has 0 bridgehead atoms. The summed E-state index contributed by atoms with van der Waals surface area (Å²) in [6, 6.07) is 56.1. The predicted molar refractivity (Wildman–Crippen MR) is 242 cm³/mol. The first-order valence-electron chi connectivity index (χ1n) is 18.9. The minimum Gasteiger partial charge on any atom is -0.318 e. The fraction of sp³-hybridized carbons (Fsp3) is 0.0196. The number of benzene rings is 8. The number of para-hydroxylation sites is 2. The molecule has 0 aliphatic carbocycles. The van der Waals surface area contributed by atoms with E-state index >= 15 is 0 Å². The lowest BCUT2D eigenvalue weighted by atomic mass is 9.97. The van der Waals surface area contributed by atoms with Crippen molar-refractivity contribution in [2.75, 3.05) is 0 Å². The van der Waals surface area contributed by atoms with Crippen LogP contribution in [0.25, 0.3) is 111 Å². The van der Waals surface area contributed by atoms with Crippen molar-refractivity contribution in [1.82, 2.24) is 9.13 Å². The molecule has 0 saturated carbocycles. The Morgan fingerprint density at radius 1 is 0.544 bits per heavy atom. The first-order chi connectivity index (χ1) is 28.1. The van der Waals surface area contributed by atoms with Crippen LogP contribution in [0.3, 0.4) is 0 Å². The van der Waals surface area contributed by atoms with Gasteiger partial charge in [-0.25, -0.2) is 4.85 Å². The molecule has 4 nitrogen and oxygen atoms in total. The topological polar surface area (TPSA) is 38.0 Å². The fourth-order valence-electron chi connectivity index (χ4n) is 9.27. The summed E-state index contributed by atoms with van der Waals surface area (Å²) in [4.78, 5) is 4.56. The molecule has 0 radical (unpaired) electrons. The largest absolute Gasteiger partial charge is 0.318 e. The summed E-state index contributed by atoms with van der Waals surface area (Å²) in [5.41, 5.74) is 9.84. The first-order valence-corrected chi connectivity index (χ1v) is 20.5. The molecule has 12 aromatic rings. The molecule has 6 heteroatoms. The molecule has 0 spiro atoms.